The highest BCUT2D eigenvalue weighted by molar-refractivity contribution is 6.34. The monoisotopic (exact) mass is 274 g/mol. The molecule has 0 spiro atoms. The zero-order chi connectivity index (χ0) is 13.8. The standard InChI is InChI=1S/C15H15ClN2O/c1-2-10-9-11(17)7-8-14(10)18-15(19)12-5-3-4-6-13(12)16/h3-9H,2,17H2,1H3,(H,18,19). The second-order valence-electron chi connectivity index (χ2n) is 4.20. The van der Waals surface area contributed by atoms with Crippen molar-refractivity contribution in [3.63, 3.8) is 0 Å². The topological polar surface area (TPSA) is 55.1 Å². The summed E-state index contributed by atoms with van der Waals surface area (Å²) in [6.45, 7) is 2.01. The first-order valence-corrected chi connectivity index (χ1v) is 6.44. The van der Waals surface area contributed by atoms with E-state index in [-0.39, 0.29) is 5.91 Å². The second kappa shape index (κ2) is 5.76. The number of hydrogen-bond acceptors (Lipinski definition) is 2. The fourth-order valence-corrected chi connectivity index (χ4v) is 2.08. The number of nitrogen functional groups attached to an aromatic ring is 1. The lowest BCUT2D eigenvalue weighted by Gasteiger charge is -2.11. The first-order chi connectivity index (χ1) is 9.11. The number of amides is 1. The molecule has 0 saturated carbocycles. The fraction of sp³-hybridized carbons (Fsp3) is 0.133. The summed E-state index contributed by atoms with van der Waals surface area (Å²) >= 11 is 6.00. The highest BCUT2D eigenvalue weighted by Crippen LogP contribution is 2.22. The summed E-state index contributed by atoms with van der Waals surface area (Å²) in [6.07, 6.45) is 0.795. The van der Waals surface area contributed by atoms with Crippen molar-refractivity contribution >= 4 is 28.9 Å². The molecule has 98 valence electrons. The molecule has 0 aliphatic heterocycles. The Hall–Kier alpha value is -2.00. The van der Waals surface area contributed by atoms with Crippen LogP contribution in [0.3, 0.4) is 0 Å². The van der Waals surface area contributed by atoms with E-state index in [2.05, 4.69) is 5.32 Å². The summed E-state index contributed by atoms with van der Waals surface area (Å²) in [5, 5.41) is 3.31. The quantitative estimate of drug-likeness (QED) is 0.838. The Morgan fingerprint density at radius 2 is 2.00 bits per heavy atom. The Bertz CT molecular complexity index is 611. The molecule has 3 N–H and O–H groups in total. The molecule has 2 rings (SSSR count). The van der Waals surface area contributed by atoms with Gasteiger partial charge in [-0.1, -0.05) is 30.7 Å². The summed E-state index contributed by atoms with van der Waals surface area (Å²) in [5.74, 6) is -0.218. The van der Waals surface area contributed by atoms with E-state index in [1.807, 2.05) is 19.1 Å². The van der Waals surface area contributed by atoms with Gasteiger partial charge in [0.2, 0.25) is 0 Å². The third-order valence-corrected chi connectivity index (χ3v) is 3.21. The number of rotatable bonds is 3. The number of carbonyl (C=O) groups excluding carboxylic acids is 1. The predicted molar refractivity (Wildman–Crippen MR) is 79.6 cm³/mol. The first-order valence-electron chi connectivity index (χ1n) is 6.06. The molecule has 0 bridgehead atoms. The van der Waals surface area contributed by atoms with E-state index in [0.29, 0.717) is 16.3 Å². The van der Waals surface area contributed by atoms with Crippen LogP contribution in [0.2, 0.25) is 5.02 Å². The zero-order valence-corrected chi connectivity index (χ0v) is 11.4. The van der Waals surface area contributed by atoms with E-state index in [1.54, 1.807) is 30.3 Å². The molecule has 1 amide bonds. The van der Waals surface area contributed by atoms with Crippen LogP contribution < -0.4 is 11.1 Å². The van der Waals surface area contributed by atoms with Crippen molar-refractivity contribution in [3.05, 3.63) is 58.6 Å². The van der Waals surface area contributed by atoms with Crippen LogP contribution in [0.4, 0.5) is 11.4 Å². The normalized spacial score (nSPS) is 10.2. The summed E-state index contributed by atoms with van der Waals surface area (Å²) in [7, 11) is 0. The highest BCUT2D eigenvalue weighted by atomic mass is 35.5. The molecule has 2 aromatic rings. The van der Waals surface area contributed by atoms with Crippen molar-refractivity contribution in [2.75, 3.05) is 11.1 Å². The molecule has 19 heavy (non-hydrogen) atoms. The smallest absolute Gasteiger partial charge is 0.257 e. The minimum absolute atomic E-state index is 0.218. The molecule has 0 saturated heterocycles. The molecule has 4 heteroatoms. The van der Waals surface area contributed by atoms with E-state index >= 15 is 0 Å². The van der Waals surface area contributed by atoms with E-state index in [1.165, 1.54) is 0 Å². The molecule has 0 heterocycles. The largest absolute Gasteiger partial charge is 0.399 e. The van der Waals surface area contributed by atoms with Gasteiger partial charge in [-0.25, -0.2) is 0 Å². The number of anilines is 2. The van der Waals surface area contributed by atoms with Gasteiger partial charge in [0.1, 0.15) is 0 Å². The Labute approximate surface area is 117 Å². The first kappa shape index (κ1) is 13.4. The molecule has 0 aromatic heterocycles. The molecule has 0 unspecified atom stereocenters. The molecular weight excluding hydrogens is 260 g/mol. The average molecular weight is 275 g/mol. The second-order valence-corrected chi connectivity index (χ2v) is 4.61. The van der Waals surface area contributed by atoms with Gasteiger partial charge in [0, 0.05) is 11.4 Å². The minimum Gasteiger partial charge on any atom is -0.399 e. The van der Waals surface area contributed by atoms with Crippen LogP contribution in [-0.4, -0.2) is 5.91 Å². The molecular formula is C15H15ClN2O. The summed E-state index contributed by atoms with van der Waals surface area (Å²) < 4.78 is 0. The van der Waals surface area contributed by atoms with Gasteiger partial charge in [-0.2, -0.15) is 0 Å². The summed E-state index contributed by atoms with van der Waals surface area (Å²) in [4.78, 5) is 12.2. The Morgan fingerprint density at radius 3 is 2.68 bits per heavy atom. The van der Waals surface area contributed by atoms with Crippen LogP contribution >= 0.6 is 11.6 Å². The van der Waals surface area contributed by atoms with Gasteiger partial charge < -0.3 is 11.1 Å². The van der Waals surface area contributed by atoms with Gasteiger partial charge in [-0.3, -0.25) is 4.79 Å². The maximum Gasteiger partial charge on any atom is 0.257 e. The van der Waals surface area contributed by atoms with Gasteiger partial charge in [-0.05, 0) is 42.3 Å². The van der Waals surface area contributed by atoms with Crippen molar-refractivity contribution in [1.82, 2.24) is 0 Å². The SMILES string of the molecule is CCc1cc(N)ccc1NC(=O)c1ccccc1Cl. The molecule has 0 atom stereocenters. The van der Waals surface area contributed by atoms with Gasteiger partial charge in [-0.15, -0.1) is 0 Å². The third kappa shape index (κ3) is 3.06. The van der Waals surface area contributed by atoms with Gasteiger partial charge >= 0.3 is 0 Å². The number of nitrogens with one attached hydrogen (secondary N) is 1. The molecule has 2 aromatic carbocycles. The van der Waals surface area contributed by atoms with Crippen molar-refractivity contribution in [3.8, 4) is 0 Å². The Balaban J connectivity index is 2.27. The van der Waals surface area contributed by atoms with E-state index in [0.717, 1.165) is 17.7 Å². The van der Waals surface area contributed by atoms with E-state index in [4.69, 9.17) is 17.3 Å². The van der Waals surface area contributed by atoms with Crippen molar-refractivity contribution < 1.29 is 4.79 Å². The van der Waals surface area contributed by atoms with Crippen molar-refractivity contribution in [1.29, 1.82) is 0 Å². The fourth-order valence-electron chi connectivity index (χ4n) is 1.86. The van der Waals surface area contributed by atoms with Gasteiger partial charge in [0.05, 0.1) is 10.6 Å². The Morgan fingerprint density at radius 1 is 1.26 bits per heavy atom. The minimum atomic E-state index is -0.218. The lowest BCUT2D eigenvalue weighted by atomic mass is 10.1. The summed E-state index contributed by atoms with van der Waals surface area (Å²) in [6, 6.07) is 12.4. The number of benzene rings is 2. The van der Waals surface area contributed by atoms with E-state index in [9.17, 15) is 4.79 Å². The van der Waals surface area contributed by atoms with Crippen molar-refractivity contribution in [2.24, 2.45) is 0 Å². The summed E-state index contributed by atoms with van der Waals surface area (Å²) in [5.41, 5.74) is 8.65. The average Bonchev–Trinajstić information content (AvgIpc) is 2.41. The zero-order valence-electron chi connectivity index (χ0n) is 10.6. The maximum atomic E-state index is 12.2. The lowest BCUT2D eigenvalue weighted by Crippen LogP contribution is -2.13. The maximum absolute atomic E-state index is 12.2. The van der Waals surface area contributed by atoms with E-state index < -0.39 is 0 Å². The van der Waals surface area contributed by atoms with Crippen LogP contribution in [0.25, 0.3) is 0 Å². The molecule has 0 aliphatic carbocycles. The number of aryl methyl sites for hydroxylation is 1. The van der Waals surface area contributed by atoms with Crippen LogP contribution in [-0.2, 0) is 6.42 Å². The highest BCUT2D eigenvalue weighted by Gasteiger charge is 2.11. The van der Waals surface area contributed by atoms with Crippen LogP contribution in [0, 0.1) is 0 Å². The molecule has 0 fully saturated rings. The molecule has 0 radical (unpaired) electrons. The van der Waals surface area contributed by atoms with Gasteiger partial charge in [0.15, 0.2) is 0 Å². The third-order valence-electron chi connectivity index (χ3n) is 2.88. The number of carbonyl (C=O) groups is 1. The number of hydrogen-bond donors (Lipinski definition) is 2. The molecule has 0 aliphatic rings. The molecule has 3 nitrogen and oxygen atoms in total. The van der Waals surface area contributed by atoms with Gasteiger partial charge in [0.25, 0.3) is 5.91 Å². The van der Waals surface area contributed by atoms with Crippen LogP contribution in [0.5, 0.6) is 0 Å². The Kier molecular flexibility index (Phi) is 4.07. The van der Waals surface area contributed by atoms with Crippen molar-refractivity contribution in [2.45, 2.75) is 13.3 Å². The predicted octanol–water partition coefficient (Wildman–Crippen LogP) is 3.74. The van der Waals surface area contributed by atoms with Crippen LogP contribution in [0.1, 0.15) is 22.8 Å². The number of halogens is 1. The number of nitrogens with two attached hydrogens (primary N) is 1. The van der Waals surface area contributed by atoms with Crippen LogP contribution in [0.15, 0.2) is 42.5 Å². The lowest BCUT2D eigenvalue weighted by molar-refractivity contribution is 0.102.